The molecule has 0 unspecified atom stereocenters. The molecule has 0 aliphatic heterocycles. The average molecular weight is 584 g/mol. The monoisotopic (exact) mass is 584 g/mol. The van der Waals surface area contributed by atoms with E-state index in [1.54, 1.807) is 14.2 Å². The van der Waals surface area contributed by atoms with Gasteiger partial charge in [-0.15, -0.1) is 0 Å². The number of hydrogen-bond acceptors (Lipinski definition) is 6. The SMILES string of the molecule is COC12CCC(C(=O)OI(OC(=O)C34CCC(OC)(CC3)C4)c3c(C)cc(C)cc3C)(CC1)C2. The Balaban J connectivity index is 1.42. The average Bonchev–Trinajstić information content (AvgIpc) is 3.57. The Bertz CT molecular complexity index is 925. The molecule has 34 heavy (non-hydrogen) atoms. The van der Waals surface area contributed by atoms with Gasteiger partial charge in [-0.25, -0.2) is 0 Å². The van der Waals surface area contributed by atoms with Crippen LogP contribution in [0.1, 0.15) is 80.9 Å². The van der Waals surface area contributed by atoms with E-state index in [-0.39, 0.29) is 23.1 Å². The maximum atomic E-state index is 13.7. The number of methoxy groups -OCH3 is 2. The standard InChI is InChI=1S/C27H37IO6/c1-18-14-19(2)21(20(3)15-18)28(33-22(29)24-6-10-26(16-24,31-4)11-7-24)34-23(30)25-8-12-27(17-25,32-5)13-9-25/h14-15H,6-13,16-17H2,1-5H3. The van der Waals surface area contributed by atoms with Gasteiger partial charge in [-0.1, -0.05) is 0 Å². The van der Waals surface area contributed by atoms with E-state index >= 15 is 0 Å². The van der Waals surface area contributed by atoms with Gasteiger partial charge in [-0.2, -0.15) is 0 Å². The molecule has 0 atom stereocenters. The number of halogens is 1. The van der Waals surface area contributed by atoms with Crippen molar-refractivity contribution in [2.45, 2.75) is 96.2 Å². The molecule has 0 aromatic heterocycles. The fourth-order valence-corrected chi connectivity index (χ4v) is 11.1. The molecule has 7 heteroatoms. The molecule has 4 aliphatic rings. The third-order valence-corrected chi connectivity index (χ3v) is 13.5. The van der Waals surface area contributed by atoms with Gasteiger partial charge < -0.3 is 0 Å². The molecule has 0 radical (unpaired) electrons. The Morgan fingerprint density at radius 1 is 0.706 bits per heavy atom. The third kappa shape index (κ3) is 3.81. The van der Waals surface area contributed by atoms with E-state index < -0.39 is 31.5 Å². The fourth-order valence-electron chi connectivity index (χ4n) is 7.20. The summed E-state index contributed by atoms with van der Waals surface area (Å²) < 4.78 is 25.1. The zero-order valence-electron chi connectivity index (χ0n) is 21.1. The Kier molecular flexibility index (Phi) is 6.08. The number of benzene rings is 1. The van der Waals surface area contributed by atoms with Crippen molar-refractivity contribution in [3.05, 3.63) is 32.4 Å². The van der Waals surface area contributed by atoms with Gasteiger partial charge in [0.25, 0.3) is 0 Å². The summed E-state index contributed by atoms with van der Waals surface area (Å²) in [5.41, 5.74) is 1.82. The molecule has 4 aliphatic carbocycles. The van der Waals surface area contributed by atoms with Crippen LogP contribution in [0.25, 0.3) is 0 Å². The van der Waals surface area contributed by atoms with Gasteiger partial charge in [0, 0.05) is 0 Å². The minimum atomic E-state index is -3.07. The number of ether oxygens (including phenoxy) is 2. The van der Waals surface area contributed by atoms with Crippen molar-refractivity contribution in [2.75, 3.05) is 14.2 Å². The minimum absolute atomic E-state index is 0.192. The second-order valence-electron chi connectivity index (χ2n) is 11.3. The molecule has 0 heterocycles. The van der Waals surface area contributed by atoms with Crippen LogP contribution in [0.5, 0.6) is 0 Å². The second-order valence-corrected chi connectivity index (χ2v) is 14.5. The first-order valence-corrected chi connectivity index (χ1v) is 15.3. The summed E-state index contributed by atoms with van der Waals surface area (Å²) in [6.45, 7) is 6.11. The van der Waals surface area contributed by atoms with Gasteiger partial charge in [0.1, 0.15) is 0 Å². The van der Waals surface area contributed by atoms with Crippen LogP contribution in [-0.4, -0.2) is 37.4 Å². The van der Waals surface area contributed by atoms with E-state index in [4.69, 9.17) is 15.6 Å². The Labute approximate surface area is 210 Å². The molecular weight excluding hydrogens is 547 g/mol. The van der Waals surface area contributed by atoms with Crippen LogP contribution in [0.4, 0.5) is 0 Å². The first-order chi connectivity index (χ1) is 16.1. The molecule has 188 valence electrons. The molecule has 1 aromatic rings. The normalized spacial score (nSPS) is 36.1. The van der Waals surface area contributed by atoms with Crippen molar-refractivity contribution >= 4 is 32.6 Å². The van der Waals surface area contributed by atoms with Gasteiger partial charge in [0.2, 0.25) is 0 Å². The van der Waals surface area contributed by atoms with E-state index in [0.717, 1.165) is 71.6 Å². The van der Waals surface area contributed by atoms with E-state index in [0.29, 0.717) is 12.8 Å². The summed E-state index contributed by atoms with van der Waals surface area (Å²) in [6, 6.07) is 4.18. The van der Waals surface area contributed by atoms with Crippen molar-refractivity contribution in [3.63, 3.8) is 0 Å². The summed E-state index contributed by atoms with van der Waals surface area (Å²) in [5.74, 6) is -0.384. The predicted octanol–water partition coefficient (Wildman–Crippen LogP) is 5.90. The van der Waals surface area contributed by atoms with Gasteiger partial charge in [-0.3, -0.25) is 0 Å². The fraction of sp³-hybridized carbons (Fsp3) is 0.704. The summed E-state index contributed by atoms with van der Waals surface area (Å²) >= 11 is -3.07. The Hall–Kier alpha value is -1.19. The number of carbonyl (C=O) groups is 2. The van der Waals surface area contributed by atoms with Gasteiger partial charge in [0.05, 0.1) is 0 Å². The Morgan fingerprint density at radius 3 is 1.41 bits per heavy atom. The van der Waals surface area contributed by atoms with Crippen molar-refractivity contribution in [3.8, 4) is 0 Å². The molecule has 0 spiro atoms. The van der Waals surface area contributed by atoms with Gasteiger partial charge in [0.15, 0.2) is 0 Å². The maximum absolute atomic E-state index is 13.7. The molecule has 4 fully saturated rings. The molecule has 5 rings (SSSR count). The second kappa shape index (κ2) is 8.44. The zero-order chi connectivity index (χ0) is 24.4. The van der Waals surface area contributed by atoms with Crippen molar-refractivity contribution in [1.82, 2.24) is 0 Å². The van der Waals surface area contributed by atoms with Crippen molar-refractivity contribution in [2.24, 2.45) is 10.8 Å². The van der Waals surface area contributed by atoms with E-state index in [9.17, 15) is 9.59 Å². The molecule has 0 N–H and O–H groups in total. The van der Waals surface area contributed by atoms with E-state index in [1.807, 2.05) is 13.8 Å². The molecule has 0 saturated heterocycles. The van der Waals surface area contributed by atoms with E-state index in [1.165, 1.54) is 0 Å². The van der Waals surface area contributed by atoms with Crippen molar-refractivity contribution in [1.29, 1.82) is 0 Å². The summed E-state index contributed by atoms with van der Waals surface area (Å²) in [6.07, 6.45) is 8.09. The predicted molar refractivity (Wildman–Crippen MR) is 136 cm³/mol. The number of rotatable bonds is 7. The number of aryl methyl sites for hydroxylation is 3. The van der Waals surface area contributed by atoms with Crippen LogP contribution in [0.3, 0.4) is 0 Å². The first-order valence-electron chi connectivity index (χ1n) is 12.4. The summed E-state index contributed by atoms with van der Waals surface area (Å²) in [4.78, 5) is 27.3. The van der Waals surface area contributed by atoms with Crippen LogP contribution in [0.2, 0.25) is 0 Å². The van der Waals surface area contributed by atoms with Gasteiger partial charge >= 0.3 is 211 Å². The van der Waals surface area contributed by atoms with E-state index in [2.05, 4.69) is 19.1 Å². The number of carbonyl (C=O) groups excluding carboxylic acids is 2. The van der Waals surface area contributed by atoms with Crippen LogP contribution < -0.4 is 0 Å². The van der Waals surface area contributed by atoms with Crippen LogP contribution in [0, 0.1) is 35.2 Å². The van der Waals surface area contributed by atoms with Crippen LogP contribution in [-0.2, 0) is 25.2 Å². The van der Waals surface area contributed by atoms with Crippen LogP contribution in [0.15, 0.2) is 12.1 Å². The first kappa shape index (κ1) is 24.5. The topological polar surface area (TPSA) is 71.1 Å². The third-order valence-electron chi connectivity index (χ3n) is 9.31. The number of hydrogen-bond donors (Lipinski definition) is 0. The Morgan fingerprint density at radius 2 is 1.09 bits per heavy atom. The number of fused-ring (bicyclic) bond motifs is 4. The quantitative estimate of drug-likeness (QED) is 0.372. The molecule has 1 aromatic carbocycles. The van der Waals surface area contributed by atoms with Crippen molar-refractivity contribution < 1.29 is 25.2 Å². The zero-order valence-corrected chi connectivity index (χ0v) is 23.2. The molecule has 0 amide bonds. The summed E-state index contributed by atoms with van der Waals surface area (Å²) in [5, 5.41) is 0. The van der Waals surface area contributed by atoms with Gasteiger partial charge in [-0.05, 0) is 0 Å². The molecule has 4 saturated carbocycles. The molecule has 6 nitrogen and oxygen atoms in total. The molecule has 4 bridgehead atoms. The summed E-state index contributed by atoms with van der Waals surface area (Å²) in [7, 11) is 3.49. The van der Waals surface area contributed by atoms with Crippen LogP contribution >= 0.6 is 20.6 Å². The molecular formula is C27H37IO6.